The number of benzene rings is 1. The molecule has 1 heterocycles. The Balaban J connectivity index is 2.38. The van der Waals surface area contributed by atoms with Gasteiger partial charge in [-0.25, -0.2) is 0 Å². The summed E-state index contributed by atoms with van der Waals surface area (Å²) in [6.45, 7) is 7.93. The van der Waals surface area contributed by atoms with Crippen LogP contribution in [0.15, 0.2) is 47.6 Å². The molecule has 0 radical (unpaired) electrons. The van der Waals surface area contributed by atoms with Gasteiger partial charge in [-0.3, -0.25) is 0 Å². The molecule has 16 heavy (non-hydrogen) atoms. The van der Waals surface area contributed by atoms with Gasteiger partial charge in [-0.05, 0) is 25.5 Å². The molecule has 0 aliphatic carbocycles. The molecule has 0 saturated heterocycles. The van der Waals surface area contributed by atoms with Crippen LogP contribution in [0.1, 0.15) is 16.9 Å². The summed E-state index contributed by atoms with van der Waals surface area (Å²) in [5.74, 6) is 0.962. The fourth-order valence-corrected chi connectivity index (χ4v) is 1.92. The van der Waals surface area contributed by atoms with E-state index in [-0.39, 0.29) is 0 Å². The molecule has 1 aromatic carbocycles. The Hall–Kier alpha value is -1.76. The van der Waals surface area contributed by atoms with Gasteiger partial charge < -0.3 is 4.42 Å². The summed E-state index contributed by atoms with van der Waals surface area (Å²) >= 11 is 0. The minimum Gasteiger partial charge on any atom is -0.468 e. The molecule has 0 saturated carbocycles. The molecule has 0 aliphatic rings. The minimum atomic E-state index is 0.783. The van der Waals surface area contributed by atoms with Gasteiger partial charge in [-0.2, -0.15) is 0 Å². The lowest BCUT2D eigenvalue weighted by atomic mass is 10.0. The highest BCUT2D eigenvalue weighted by Crippen LogP contribution is 2.24. The quantitative estimate of drug-likeness (QED) is 0.692. The molecule has 0 fully saturated rings. The largest absolute Gasteiger partial charge is 0.468 e. The van der Waals surface area contributed by atoms with E-state index in [2.05, 4.69) is 44.7 Å². The van der Waals surface area contributed by atoms with Crippen molar-refractivity contribution in [1.82, 2.24) is 0 Å². The second kappa shape index (κ2) is 4.40. The number of furan rings is 1. The lowest BCUT2D eigenvalue weighted by molar-refractivity contribution is 0.523. The normalized spacial score (nSPS) is 10.4. The predicted octanol–water partition coefficient (Wildman–Crippen LogP) is 4.29. The molecule has 1 heteroatoms. The van der Waals surface area contributed by atoms with Gasteiger partial charge in [0, 0.05) is 12.0 Å². The lowest BCUT2D eigenvalue weighted by Gasteiger charge is -2.01. The smallest absolute Gasteiger partial charge is 0.108 e. The van der Waals surface area contributed by atoms with Crippen LogP contribution in [0.5, 0.6) is 0 Å². The molecule has 1 nitrogen and oxygen atoms in total. The minimum absolute atomic E-state index is 0.783. The Morgan fingerprint density at radius 1 is 1.06 bits per heavy atom. The molecule has 2 aromatic rings. The van der Waals surface area contributed by atoms with E-state index >= 15 is 0 Å². The van der Waals surface area contributed by atoms with Crippen molar-refractivity contribution in [3.05, 3.63) is 60.1 Å². The zero-order valence-corrected chi connectivity index (χ0v) is 9.79. The van der Waals surface area contributed by atoms with Crippen LogP contribution >= 0.6 is 0 Å². The van der Waals surface area contributed by atoms with E-state index in [4.69, 9.17) is 4.42 Å². The van der Waals surface area contributed by atoms with E-state index in [1.807, 2.05) is 12.3 Å². The van der Waals surface area contributed by atoms with Crippen molar-refractivity contribution in [3.8, 4) is 11.1 Å². The molecule has 0 bridgehead atoms. The molecule has 0 spiro atoms. The third-order valence-electron chi connectivity index (χ3n) is 2.55. The maximum atomic E-state index is 5.47. The van der Waals surface area contributed by atoms with Crippen LogP contribution in [0.25, 0.3) is 11.1 Å². The third kappa shape index (κ3) is 2.25. The predicted molar refractivity (Wildman–Crippen MR) is 67.5 cm³/mol. The number of hydrogen-bond acceptors (Lipinski definition) is 1. The van der Waals surface area contributed by atoms with Gasteiger partial charge in [0.2, 0.25) is 0 Å². The Morgan fingerprint density at radius 3 is 2.38 bits per heavy atom. The van der Waals surface area contributed by atoms with Crippen molar-refractivity contribution in [2.24, 2.45) is 0 Å². The summed E-state index contributed by atoms with van der Waals surface area (Å²) in [4.78, 5) is 0. The van der Waals surface area contributed by atoms with Gasteiger partial charge in [0.1, 0.15) is 5.76 Å². The van der Waals surface area contributed by atoms with Crippen LogP contribution in [0.2, 0.25) is 0 Å². The summed E-state index contributed by atoms with van der Waals surface area (Å²) in [5, 5.41) is 0. The van der Waals surface area contributed by atoms with E-state index < -0.39 is 0 Å². The highest BCUT2D eigenvalue weighted by Gasteiger charge is 2.04. The van der Waals surface area contributed by atoms with Crippen LogP contribution in [0, 0.1) is 13.8 Å². The van der Waals surface area contributed by atoms with Crippen LogP contribution < -0.4 is 0 Å². The van der Waals surface area contributed by atoms with Gasteiger partial charge in [-0.15, -0.1) is 6.58 Å². The summed E-state index contributed by atoms with van der Waals surface area (Å²) in [5.41, 5.74) is 4.92. The first-order valence-electron chi connectivity index (χ1n) is 5.46. The van der Waals surface area contributed by atoms with Crippen molar-refractivity contribution in [2.75, 3.05) is 0 Å². The van der Waals surface area contributed by atoms with Crippen LogP contribution in [0.4, 0.5) is 0 Å². The molecular weight excluding hydrogens is 196 g/mol. The molecule has 1 aromatic heterocycles. The second-order valence-corrected chi connectivity index (χ2v) is 4.17. The molecule has 0 amide bonds. The SMILES string of the molecule is C=CCc1cc(-c2cc(C)cc(C)c2)co1. The Morgan fingerprint density at radius 2 is 1.75 bits per heavy atom. The number of hydrogen-bond donors (Lipinski definition) is 0. The lowest BCUT2D eigenvalue weighted by Crippen LogP contribution is -1.80. The first kappa shape index (κ1) is 10.7. The van der Waals surface area contributed by atoms with E-state index in [0.717, 1.165) is 17.7 Å². The third-order valence-corrected chi connectivity index (χ3v) is 2.55. The number of aryl methyl sites for hydroxylation is 2. The highest BCUT2D eigenvalue weighted by atomic mass is 16.3. The average Bonchev–Trinajstić information content (AvgIpc) is 2.65. The summed E-state index contributed by atoms with van der Waals surface area (Å²) < 4.78 is 5.47. The first-order chi connectivity index (χ1) is 7.69. The molecule has 0 aliphatic heterocycles. The molecular formula is C15H16O. The van der Waals surface area contributed by atoms with Crippen molar-refractivity contribution >= 4 is 0 Å². The Bertz CT molecular complexity index is 486. The molecule has 0 atom stereocenters. The van der Waals surface area contributed by atoms with Crippen LogP contribution in [-0.4, -0.2) is 0 Å². The second-order valence-electron chi connectivity index (χ2n) is 4.17. The van der Waals surface area contributed by atoms with E-state index in [0.29, 0.717) is 0 Å². The molecule has 2 rings (SSSR count). The fourth-order valence-electron chi connectivity index (χ4n) is 1.92. The zero-order chi connectivity index (χ0) is 11.5. The van der Waals surface area contributed by atoms with Gasteiger partial charge in [-0.1, -0.05) is 35.4 Å². The van der Waals surface area contributed by atoms with Crippen molar-refractivity contribution in [1.29, 1.82) is 0 Å². The van der Waals surface area contributed by atoms with Crippen molar-refractivity contribution in [2.45, 2.75) is 20.3 Å². The topological polar surface area (TPSA) is 13.1 Å². The van der Waals surface area contributed by atoms with E-state index in [9.17, 15) is 0 Å². The summed E-state index contributed by atoms with van der Waals surface area (Å²) in [6, 6.07) is 8.61. The van der Waals surface area contributed by atoms with Crippen LogP contribution in [0.3, 0.4) is 0 Å². The van der Waals surface area contributed by atoms with Gasteiger partial charge in [0.25, 0.3) is 0 Å². The van der Waals surface area contributed by atoms with Crippen LogP contribution in [-0.2, 0) is 6.42 Å². The van der Waals surface area contributed by atoms with Crippen molar-refractivity contribution in [3.63, 3.8) is 0 Å². The summed E-state index contributed by atoms with van der Waals surface area (Å²) in [6.07, 6.45) is 4.45. The fraction of sp³-hybridized carbons (Fsp3) is 0.200. The van der Waals surface area contributed by atoms with Gasteiger partial charge in [0.15, 0.2) is 0 Å². The standard InChI is InChI=1S/C15H16O/c1-4-5-15-9-14(10-16-15)13-7-11(2)6-12(3)8-13/h4,6-10H,1,5H2,2-3H3. The van der Waals surface area contributed by atoms with E-state index in [1.54, 1.807) is 0 Å². The molecule has 0 N–H and O–H groups in total. The maximum Gasteiger partial charge on any atom is 0.108 e. The monoisotopic (exact) mass is 212 g/mol. The number of allylic oxidation sites excluding steroid dienone is 1. The number of rotatable bonds is 3. The highest BCUT2D eigenvalue weighted by molar-refractivity contribution is 5.64. The Kier molecular flexibility index (Phi) is 2.95. The first-order valence-corrected chi connectivity index (χ1v) is 5.46. The molecule has 82 valence electrons. The van der Waals surface area contributed by atoms with Gasteiger partial charge >= 0.3 is 0 Å². The summed E-state index contributed by atoms with van der Waals surface area (Å²) in [7, 11) is 0. The van der Waals surface area contributed by atoms with Gasteiger partial charge in [0.05, 0.1) is 6.26 Å². The molecule has 0 unspecified atom stereocenters. The average molecular weight is 212 g/mol. The zero-order valence-electron chi connectivity index (χ0n) is 9.79. The maximum absolute atomic E-state index is 5.47. The van der Waals surface area contributed by atoms with Crippen molar-refractivity contribution < 1.29 is 4.42 Å². The van der Waals surface area contributed by atoms with E-state index in [1.165, 1.54) is 16.7 Å². The Labute approximate surface area is 96.4 Å².